The zero-order valence-corrected chi connectivity index (χ0v) is 9.53. The molecule has 1 aliphatic carbocycles. The molecule has 1 fully saturated rings. The third kappa shape index (κ3) is 2.22. The highest BCUT2D eigenvalue weighted by Crippen LogP contribution is 2.37. The summed E-state index contributed by atoms with van der Waals surface area (Å²) in [4.78, 5) is 8.36. The number of pyridine rings is 1. The van der Waals surface area contributed by atoms with Crippen molar-refractivity contribution in [3.8, 4) is 0 Å². The molecule has 17 heavy (non-hydrogen) atoms. The molecule has 2 aromatic rings. The Kier molecular flexibility index (Phi) is 2.65. The van der Waals surface area contributed by atoms with Crippen molar-refractivity contribution in [2.24, 2.45) is 0 Å². The normalized spacial score (nSPS) is 17.0. The fourth-order valence-corrected chi connectivity index (χ4v) is 2.05. The van der Waals surface area contributed by atoms with Crippen LogP contribution in [0.5, 0.6) is 0 Å². The van der Waals surface area contributed by atoms with Crippen molar-refractivity contribution >= 4 is 0 Å². The van der Waals surface area contributed by atoms with Crippen LogP contribution in [0.15, 0.2) is 36.9 Å². The highest BCUT2D eigenvalue weighted by molar-refractivity contribution is 5.12. The van der Waals surface area contributed by atoms with Crippen LogP contribution in [0.2, 0.25) is 0 Å². The number of hydrogen-bond acceptors (Lipinski definition) is 3. The number of aliphatic hydroxyl groups is 1. The molecule has 2 heterocycles. The second kappa shape index (κ2) is 4.30. The van der Waals surface area contributed by atoms with Gasteiger partial charge in [-0.1, -0.05) is 6.07 Å². The zero-order chi connectivity index (χ0) is 11.7. The van der Waals surface area contributed by atoms with Gasteiger partial charge in [-0.25, -0.2) is 4.98 Å². The van der Waals surface area contributed by atoms with E-state index in [4.69, 9.17) is 0 Å². The lowest BCUT2D eigenvalue weighted by Crippen LogP contribution is -2.09. The van der Waals surface area contributed by atoms with Gasteiger partial charge in [0, 0.05) is 24.4 Å². The summed E-state index contributed by atoms with van der Waals surface area (Å²) in [6, 6.07) is 6.30. The monoisotopic (exact) mass is 229 g/mol. The van der Waals surface area contributed by atoms with Gasteiger partial charge in [0.2, 0.25) is 0 Å². The van der Waals surface area contributed by atoms with Gasteiger partial charge < -0.3 is 9.67 Å². The van der Waals surface area contributed by atoms with E-state index in [1.165, 1.54) is 12.8 Å². The molecular formula is C13H15N3O. The van der Waals surface area contributed by atoms with E-state index in [2.05, 4.69) is 14.5 Å². The summed E-state index contributed by atoms with van der Waals surface area (Å²) < 4.78 is 2.09. The molecule has 1 N–H and O–H groups in total. The predicted octanol–water partition coefficient (Wildman–Crippen LogP) is 1.89. The Labute approximate surface area is 100.0 Å². The van der Waals surface area contributed by atoms with Gasteiger partial charge in [0.1, 0.15) is 6.10 Å². The van der Waals surface area contributed by atoms with E-state index in [0.29, 0.717) is 12.5 Å². The van der Waals surface area contributed by atoms with Crippen LogP contribution >= 0.6 is 0 Å². The van der Waals surface area contributed by atoms with Gasteiger partial charge in [-0.2, -0.15) is 0 Å². The molecule has 1 unspecified atom stereocenters. The van der Waals surface area contributed by atoms with E-state index in [0.717, 1.165) is 11.4 Å². The van der Waals surface area contributed by atoms with Crippen molar-refractivity contribution in [1.82, 2.24) is 14.5 Å². The summed E-state index contributed by atoms with van der Waals surface area (Å²) in [5.74, 6) is 0. The molecule has 2 aromatic heterocycles. The number of aliphatic hydroxyl groups excluding tert-OH is 1. The van der Waals surface area contributed by atoms with E-state index in [-0.39, 0.29) is 0 Å². The molecule has 3 rings (SSSR count). The molecular weight excluding hydrogens is 214 g/mol. The molecule has 0 spiro atoms. The van der Waals surface area contributed by atoms with Crippen molar-refractivity contribution in [3.63, 3.8) is 0 Å². The summed E-state index contributed by atoms with van der Waals surface area (Å²) >= 11 is 0. The van der Waals surface area contributed by atoms with Gasteiger partial charge in [-0.3, -0.25) is 4.98 Å². The first kappa shape index (κ1) is 10.5. The lowest BCUT2D eigenvalue weighted by molar-refractivity contribution is 0.167. The van der Waals surface area contributed by atoms with Gasteiger partial charge in [0.15, 0.2) is 0 Å². The van der Waals surface area contributed by atoms with Crippen molar-refractivity contribution in [1.29, 1.82) is 0 Å². The minimum absolute atomic E-state index is 0.520. The van der Waals surface area contributed by atoms with Crippen LogP contribution in [0.25, 0.3) is 0 Å². The summed E-state index contributed by atoms with van der Waals surface area (Å²) in [5, 5.41) is 10.2. The summed E-state index contributed by atoms with van der Waals surface area (Å²) in [6.45, 7) is 0. The average molecular weight is 229 g/mol. The van der Waals surface area contributed by atoms with Crippen LogP contribution in [0.1, 0.15) is 36.4 Å². The maximum absolute atomic E-state index is 10.2. The SMILES string of the molecule is OC(Cc1ccccn1)c1cncn1C1CC1. The van der Waals surface area contributed by atoms with E-state index < -0.39 is 6.10 Å². The quantitative estimate of drug-likeness (QED) is 0.871. The number of imidazole rings is 1. The van der Waals surface area contributed by atoms with Crippen molar-refractivity contribution in [2.45, 2.75) is 31.4 Å². The smallest absolute Gasteiger partial charge is 0.101 e. The van der Waals surface area contributed by atoms with Crippen LogP contribution in [-0.4, -0.2) is 19.6 Å². The van der Waals surface area contributed by atoms with Crippen LogP contribution in [0.4, 0.5) is 0 Å². The average Bonchev–Trinajstić information content (AvgIpc) is 3.08. The molecule has 0 radical (unpaired) electrons. The molecule has 0 aromatic carbocycles. The van der Waals surface area contributed by atoms with Crippen LogP contribution in [0, 0.1) is 0 Å². The molecule has 0 saturated heterocycles. The number of rotatable bonds is 4. The molecule has 1 atom stereocenters. The Morgan fingerprint density at radius 2 is 2.29 bits per heavy atom. The molecule has 0 bridgehead atoms. The second-order valence-corrected chi connectivity index (χ2v) is 4.50. The van der Waals surface area contributed by atoms with Gasteiger partial charge in [-0.05, 0) is 25.0 Å². The predicted molar refractivity (Wildman–Crippen MR) is 63.4 cm³/mol. The molecule has 0 amide bonds. The Morgan fingerprint density at radius 3 is 3.00 bits per heavy atom. The molecule has 88 valence electrons. The lowest BCUT2D eigenvalue weighted by Gasteiger charge is -2.12. The minimum Gasteiger partial charge on any atom is -0.386 e. The maximum Gasteiger partial charge on any atom is 0.101 e. The Bertz CT molecular complexity index is 490. The first-order valence-electron chi connectivity index (χ1n) is 5.94. The van der Waals surface area contributed by atoms with Crippen molar-refractivity contribution < 1.29 is 5.11 Å². The number of hydrogen-bond donors (Lipinski definition) is 1. The highest BCUT2D eigenvalue weighted by Gasteiger charge is 2.27. The van der Waals surface area contributed by atoms with Gasteiger partial charge in [-0.15, -0.1) is 0 Å². The Hall–Kier alpha value is -1.68. The third-order valence-electron chi connectivity index (χ3n) is 3.11. The highest BCUT2D eigenvalue weighted by atomic mass is 16.3. The largest absolute Gasteiger partial charge is 0.386 e. The molecule has 1 aliphatic rings. The molecule has 4 heteroatoms. The second-order valence-electron chi connectivity index (χ2n) is 4.50. The van der Waals surface area contributed by atoms with Crippen LogP contribution in [-0.2, 0) is 6.42 Å². The minimum atomic E-state index is -0.520. The first-order valence-corrected chi connectivity index (χ1v) is 5.94. The summed E-state index contributed by atoms with van der Waals surface area (Å²) in [5.41, 5.74) is 1.81. The van der Waals surface area contributed by atoms with Crippen LogP contribution < -0.4 is 0 Å². The third-order valence-corrected chi connectivity index (χ3v) is 3.11. The Morgan fingerprint density at radius 1 is 1.41 bits per heavy atom. The summed E-state index contributed by atoms with van der Waals surface area (Å²) in [7, 11) is 0. The molecule has 4 nitrogen and oxygen atoms in total. The van der Waals surface area contributed by atoms with E-state index in [9.17, 15) is 5.11 Å². The van der Waals surface area contributed by atoms with E-state index in [1.54, 1.807) is 12.4 Å². The van der Waals surface area contributed by atoms with Crippen molar-refractivity contribution in [2.75, 3.05) is 0 Å². The van der Waals surface area contributed by atoms with Crippen LogP contribution in [0.3, 0.4) is 0 Å². The Balaban J connectivity index is 1.77. The summed E-state index contributed by atoms with van der Waals surface area (Å²) in [6.07, 6.45) is 7.73. The van der Waals surface area contributed by atoms with E-state index >= 15 is 0 Å². The van der Waals surface area contributed by atoms with E-state index in [1.807, 2.05) is 24.5 Å². The zero-order valence-electron chi connectivity index (χ0n) is 9.53. The topological polar surface area (TPSA) is 50.9 Å². The fraction of sp³-hybridized carbons (Fsp3) is 0.385. The fourth-order valence-electron chi connectivity index (χ4n) is 2.05. The maximum atomic E-state index is 10.2. The molecule has 1 saturated carbocycles. The van der Waals surface area contributed by atoms with Crippen molar-refractivity contribution in [3.05, 3.63) is 48.3 Å². The van der Waals surface area contributed by atoms with Gasteiger partial charge in [0.25, 0.3) is 0 Å². The van der Waals surface area contributed by atoms with Gasteiger partial charge >= 0.3 is 0 Å². The lowest BCUT2D eigenvalue weighted by atomic mass is 10.1. The molecule has 0 aliphatic heterocycles. The first-order chi connectivity index (χ1) is 8.34. The number of nitrogens with zero attached hydrogens (tertiary/aromatic N) is 3. The standard InChI is InChI=1S/C13H15N3O/c17-13(7-10-3-1-2-6-15-10)12-8-14-9-16(12)11-4-5-11/h1-3,6,8-9,11,13,17H,4-5,7H2. The van der Waals surface area contributed by atoms with Gasteiger partial charge in [0.05, 0.1) is 18.2 Å². The number of aromatic nitrogens is 3.